The SMILES string of the molecule is C=CC(=O)OC(C)C#N.O=C(Oc1ccc(CBr)cc1)c1ccccc1. The third-order valence-electron chi connectivity index (χ3n) is 2.94. The summed E-state index contributed by atoms with van der Waals surface area (Å²) in [6.45, 7) is 4.65. The second-order valence-corrected chi connectivity index (χ2v) is 5.51. The van der Waals surface area contributed by atoms with Crippen LogP contribution in [0.15, 0.2) is 67.3 Å². The molecular formula is C20H18BrNO4. The van der Waals surface area contributed by atoms with E-state index in [-0.39, 0.29) is 5.97 Å². The molecule has 0 N–H and O–H groups in total. The van der Waals surface area contributed by atoms with Gasteiger partial charge in [0.15, 0.2) is 6.10 Å². The Balaban J connectivity index is 0.000000321. The predicted molar refractivity (Wildman–Crippen MR) is 102 cm³/mol. The van der Waals surface area contributed by atoms with Crippen LogP contribution in [0.2, 0.25) is 0 Å². The molecule has 0 heterocycles. The van der Waals surface area contributed by atoms with Crippen LogP contribution in [0.4, 0.5) is 0 Å². The van der Waals surface area contributed by atoms with E-state index in [2.05, 4.69) is 27.2 Å². The molecule has 0 aliphatic rings. The number of ether oxygens (including phenoxy) is 2. The van der Waals surface area contributed by atoms with E-state index in [1.807, 2.05) is 30.3 Å². The largest absolute Gasteiger partial charge is 0.444 e. The molecule has 6 heteroatoms. The predicted octanol–water partition coefficient (Wildman–Crippen LogP) is 4.43. The van der Waals surface area contributed by atoms with Gasteiger partial charge in [-0.2, -0.15) is 5.26 Å². The van der Waals surface area contributed by atoms with Crippen LogP contribution in [-0.4, -0.2) is 18.0 Å². The Morgan fingerprint density at radius 1 is 1.19 bits per heavy atom. The molecular weight excluding hydrogens is 398 g/mol. The van der Waals surface area contributed by atoms with Gasteiger partial charge in [0.25, 0.3) is 0 Å². The summed E-state index contributed by atoms with van der Waals surface area (Å²) < 4.78 is 9.68. The Hall–Kier alpha value is -2.91. The number of rotatable bonds is 5. The molecule has 0 aromatic heterocycles. The number of halogens is 1. The lowest BCUT2D eigenvalue weighted by Crippen LogP contribution is -2.09. The van der Waals surface area contributed by atoms with Crippen molar-refractivity contribution in [2.45, 2.75) is 18.4 Å². The van der Waals surface area contributed by atoms with Crippen molar-refractivity contribution in [1.29, 1.82) is 5.26 Å². The molecule has 2 aromatic rings. The number of alkyl halides is 1. The zero-order valence-electron chi connectivity index (χ0n) is 14.2. The van der Waals surface area contributed by atoms with Gasteiger partial charge in [0.2, 0.25) is 0 Å². The Labute approximate surface area is 161 Å². The Morgan fingerprint density at radius 2 is 1.81 bits per heavy atom. The van der Waals surface area contributed by atoms with Crippen LogP contribution < -0.4 is 4.74 Å². The van der Waals surface area contributed by atoms with Crippen LogP contribution >= 0.6 is 15.9 Å². The van der Waals surface area contributed by atoms with Crippen molar-refractivity contribution in [3.8, 4) is 11.8 Å². The molecule has 2 rings (SSSR count). The minimum atomic E-state index is -0.685. The molecule has 0 saturated carbocycles. The molecule has 0 spiro atoms. The maximum Gasteiger partial charge on any atom is 0.343 e. The van der Waals surface area contributed by atoms with Gasteiger partial charge in [-0.05, 0) is 36.8 Å². The molecule has 0 radical (unpaired) electrons. The first-order valence-electron chi connectivity index (χ1n) is 7.65. The highest BCUT2D eigenvalue weighted by Gasteiger charge is 2.07. The standard InChI is InChI=1S/C14H11BrO2.C6H7NO2/c15-10-11-6-8-13(9-7-11)17-14(16)12-4-2-1-3-5-12;1-3-6(8)9-5(2)4-7/h1-9H,10H2;3,5H,1H2,2H3. The summed E-state index contributed by atoms with van der Waals surface area (Å²) in [6.07, 6.45) is 0.337. The van der Waals surface area contributed by atoms with E-state index in [0.717, 1.165) is 17.0 Å². The summed E-state index contributed by atoms with van der Waals surface area (Å²) in [4.78, 5) is 22.0. The lowest BCUT2D eigenvalue weighted by Gasteiger charge is -2.04. The van der Waals surface area contributed by atoms with Crippen LogP contribution in [0, 0.1) is 11.3 Å². The van der Waals surface area contributed by atoms with E-state index < -0.39 is 12.1 Å². The van der Waals surface area contributed by atoms with Crippen LogP contribution in [0.25, 0.3) is 0 Å². The van der Waals surface area contributed by atoms with Gasteiger partial charge < -0.3 is 9.47 Å². The second kappa shape index (κ2) is 11.6. The van der Waals surface area contributed by atoms with Crippen molar-refractivity contribution in [3.63, 3.8) is 0 Å². The maximum atomic E-state index is 11.7. The van der Waals surface area contributed by atoms with Crippen molar-refractivity contribution >= 4 is 27.9 Å². The first-order chi connectivity index (χ1) is 12.5. The highest BCUT2D eigenvalue weighted by molar-refractivity contribution is 9.08. The van der Waals surface area contributed by atoms with E-state index in [1.54, 1.807) is 30.3 Å². The van der Waals surface area contributed by atoms with E-state index in [9.17, 15) is 9.59 Å². The fourth-order valence-electron chi connectivity index (χ4n) is 1.64. The van der Waals surface area contributed by atoms with Gasteiger partial charge in [0.05, 0.1) is 5.56 Å². The smallest absolute Gasteiger partial charge is 0.343 e. The molecule has 0 fully saturated rings. The molecule has 0 aliphatic carbocycles. The van der Waals surface area contributed by atoms with Crippen LogP contribution in [0.3, 0.4) is 0 Å². The number of esters is 2. The molecule has 1 atom stereocenters. The first-order valence-corrected chi connectivity index (χ1v) is 8.77. The first kappa shape index (κ1) is 21.1. The lowest BCUT2D eigenvalue weighted by atomic mass is 10.2. The molecule has 0 bridgehead atoms. The van der Waals surface area contributed by atoms with E-state index in [0.29, 0.717) is 11.3 Å². The van der Waals surface area contributed by atoms with E-state index in [1.165, 1.54) is 6.92 Å². The summed E-state index contributed by atoms with van der Waals surface area (Å²) in [7, 11) is 0. The van der Waals surface area contributed by atoms with Crippen molar-refractivity contribution in [3.05, 3.63) is 78.4 Å². The molecule has 2 aromatic carbocycles. The summed E-state index contributed by atoms with van der Waals surface area (Å²) >= 11 is 3.36. The number of nitrogens with zero attached hydrogens (tertiary/aromatic N) is 1. The summed E-state index contributed by atoms with van der Waals surface area (Å²) in [5.74, 6) is -0.343. The van der Waals surface area contributed by atoms with Crippen molar-refractivity contribution in [2.24, 2.45) is 0 Å². The van der Waals surface area contributed by atoms with Crippen molar-refractivity contribution in [2.75, 3.05) is 0 Å². The third kappa shape index (κ3) is 7.77. The minimum absolute atomic E-state index is 0.336. The Kier molecular flexibility index (Phi) is 9.44. The van der Waals surface area contributed by atoms with Gasteiger partial charge in [0, 0.05) is 11.4 Å². The summed E-state index contributed by atoms with van der Waals surface area (Å²) in [5.41, 5.74) is 1.70. The molecule has 0 amide bonds. The topological polar surface area (TPSA) is 76.4 Å². The van der Waals surface area contributed by atoms with Gasteiger partial charge in [-0.3, -0.25) is 0 Å². The number of carbonyl (C=O) groups is 2. The number of benzene rings is 2. The average molecular weight is 416 g/mol. The molecule has 134 valence electrons. The third-order valence-corrected chi connectivity index (χ3v) is 3.59. The number of nitriles is 1. The molecule has 1 unspecified atom stereocenters. The van der Waals surface area contributed by atoms with Crippen molar-refractivity contribution < 1.29 is 19.1 Å². The van der Waals surface area contributed by atoms with Crippen molar-refractivity contribution in [1.82, 2.24) is 0 Å². The lowest BCUT2D eigenvalue weighted by molar-refractivity contribution is -0.139. The fraction of sp³-hybridized carbons (Fsp3) is 0.150. The van der Waals surface area contributed by atoms with Gasteiger partial charge in [-0.25, -0.2) is 9.59 Å². The monoisotopic (exact) mass is 415 g/mol. The maximum absolute atomic E-state index is 11.7. The minimum Gasteiger partial charge on any atom is -0.444 e. The fourth-order valence-corrected chi connectivity index (χ4v) is 2.01. The van der Waals surface area contributed by atoms with E-state index >= 15 is 0 Å². The summed E-state index contributed by atoms with van der Waals surface area (Å²) in [6, 6.07) is 18.1. The zero-order valence-corrected chi connectivity index (χ0v) is 15.8. The van der Waals surface area contributed by atoms with Gasteiger partial charge in [0.1, 0.15) is 11.8 Å². The van der Waals surface area contributed by atoms with E-state index in [4.69, 9.17) is 10.00 Å². The number of carbonyl (C=O) groups excluding carboxylic acids is 2. The van der Waals surface area contributed by atoms with Crippen LogP contribution in [-0.2, 0) is 14.9 Å². The Morgan fingerprint density at radius 3 is 2.31 bits per heavy atom. The zero-order chi connectivity index (χ0) is 19.4. The second-order valence-electron chi connectivity index (χ2n) is 4.95. The summed E-state index contributed by atoms with van der Waals surface area (Å²) in [5, 5.41) is 8.91. The molecule has 5 nitrogen and oxygen atoms in total. The molecule has 0 aliphatic heterocycles. The normalized spacial score (nSPS) is 10.3. The quantitative estimate of drug-likeness (QED) is 0.312. The number of hydrogen-bond donors (Lipinski definition) is 0. The van der Waals surface area contributed by atoms with Gasteiger partial charge in [-0.15, -0.1) is 0 Å². The van der Waals surface area contributed by atoms with Crippen LogP contribution in [0.5, 0.6) is 5.75 Å². The Bertz CT molecular complexity index is 767. The average Bonchev–Trinajstić information content (AvgIpc) is 2.69. The van der Waals surface area contributed by atoms with Crippen LogP contribution in [0.1, 0.15) is 22.8 Å². The molecule has 0 saturated heterocycles. The number of hydrogen-bond acceptors (Lipinski definition) is 5. The molecule has 26 heavy (non-hydrogen) atoms. The highest BCUT2D eigenvalue weighted by atomic mass is 79.9. The van der Waals surface area contributed by atoms with Gasteiger partial charge in [-0.1, -0.05) is 52.8 Å². The van der Waals surface area contributed by atoms with Gasteiger partial charge >= 0.3 is 11.9 Å². The highest BCUT2D eigenvalue weighted by Crippen LogP contribution is 2.15.